The standard InChI is InChI=1S/C11H12ClN3/c12-11-5-9(2-1-8(11)6-13)15-10-3-4-14-7-10/h1-2,5,10,14-15H,3-4,7H2. The molecule has 15 heavy (non-hydrogen) atoms. The van der Waals surface area contributed by atoms with E-state index < -0.39 is 0 Å². The number of hydrogen-bond donors (Lipinski definition) is 2. The van der Waals surface area contributed by atoms with Crippen LogP contribution in [0.4, 0.5) is 5.69 Å². The van der Waals surface area contributed by atoms with Crippen LogP contribution < -0.4 is 10.6 Å². The van der Waals surface area contributed by atoms with Crippen molar-refractivity contribution >= 4 is 17.3 Å². The topological polar surface area (TPSA) is 47.9 Å². The summed E-state index contributed by atoms with van der Waals surface area (Å²) >= 11 is 5.94. The molecule has 3 nitrogen and oxygen atoms in total. The zero-order valence-electron chi connectivity index (χ0n) is 8.26. The van der Waals surface area contributed by atoms with Crippen LogP contribution in [0.2, 0.25) is 5.02 Å². The normalized spacial score (nSPS) is 19.9. The van der Waals surface area contributed by atoms with Crippen molar-refractivity contribution < 1.29 is 0 Å². The fraction of sp³-hybridized carbons (Fsp3) is 0.364. The lowest BCUT2D eigenvalue weighted by atomic mass is 10.2. The summed E-state index contributed by atoms with van der Waals surface area (Å²) in [5.74, 6) is 0. The molecule has 1 heterocycles. The quantitative estimate of drug-likeness (QED) is 0.803. The monoisotopic (exact) mass is 221 g/mol. The molecule has 0 saturated carbocycles. The Morgan fingerprint density at radius 1 is 1.53 bits per heavy atom. The van der Waals surface area contributed by atoms with Gasteiger partial charge < -0.3 is 10.6 Å². The predicted molar refractivity (Wildman–Crippen MR) is 61.1 cm³/mol. The van der Waals surface area contributed by atoms with Crippen molar-refractivity contribution in [1.29, 1.82) is 5.26 Å². The van der Waals surface area contributed by atoms with E-state index in [9.17, 15) is 0 Å². The smallest absolute Gasteiger partial charge is 0.101 e. The van der Waals surface area contributed by atoms with Crippen molar-refractivity contribution in [3.8, 4) is 6.07 Å². The molecular formula is C11H12ClN3. The van der Waals surface area contributed by atoms with Crippen LogP contribution >= 0.6 is 11.6 Å². The molecule has 1 aromatic carbocycles. The van der Waals surface area contributed by atoms with Crippen LogP contribution in [0, 0.1) is 11.3 Å². The first-order chi connectivity index (χ1) is 7.29. The Balaban J connectivity index is 2.09. The van der Waals surface area contributed by atoms with Gasteiger partial charge in [-0.2, -0.15) is 5.26 Å². The van der Waals surface area contributed by atoms with Gasteiger partial charge in [0.2, 0.25) is 0 Å². The van der Waals surface area contributed by atoms with Gasteiger partial charge in [-0.05, 0) is 31.2 Å². The highest BCUT2D eigenvalue weighted by Crippen LogP contribution is 2.21. The summed E-state index contributed by atoms with van der Waals surface area (Å²) in [7, 11) is 0. The molecule has 1 saturated heterocycles. The third kappa shape index (κ3) is 2.41. The van der Waals surface area contributed by atoms with Gasteiger partial charge in [0.1, 0.15) is 6.07 Å². The van der Waals surface area contributed by atoms with E-state index in [1.165, 1.54) is 0 Å². The summed E-state index contributed by atoms with van der Waals surface area (Å²) in [6.07, 6.45) is 1.12. The first-order valence-corrected chi connectivity index (χ1v) is 5.34. The van der Waals surface area contributed by atoms with E-state index in [1.807, 2.05) is 12.1 Å². The van der Waals surface area contributed by atoms with Gasteiger partial charge in [0.05, 0.1) is 10.6 Å². The van der Waals surface area contributed by atoms with Gasteiger partial charge >= 0.3 is 0 Å². The summed E-state index contributed by atoms with van der Waals surface area (Å²) < 4.78 is 0. The summed E-state index contributed by atoms with van der Waals surface area (Å²) in [6.45, 7) is 2.04. The summed E-state index contributed by atoms with van der Waals surface area (Å²) in [6, 6.07) is 7.95. The molecule has 0 radical (unpaired) electrons. The average Bonchev–Trinajstić information content (AvgIpc) is 2.71. The van der Waals surface area contributed by atoms with E-state index >= 15 is 0 Å². The highest BCUT2D eigenvalue weighted by molar-refractivity contribution is 6.32. The van der Waals surface area contributed by atoms with E-state index in [-0.39, 0.29) is 0 Å². The summed E-state index contributed by atoms with van der Waals surface area (Å²) in [4.78, 5) is 0. The van der Waals surface area contributed by atoms with Crippen LogP contribution in [0.3, 0.4) is 0 Å². The minimum atomic E-state index is 0.467. The predicted octanol–water partition coefficient (Wildman–Crippen LogP) is 1.99. The number of nitrogens with one attached hydrogen (secondary N) is 2. The zero-order chi connectivity index (χ0) is 10.7. The minimum absolute atomic E-state index is 0.467. The fourth-order valence-corrected chi connectivity index (χ4v) is 1.93. The molecule has 1 aliphatic rings. The molecule has 1 fully saturated rings. The zero-order valence-corrected chi connectivity index (χ0v) is 9.01. The second-order valence-corrected chi connectivity index (χ2v) is 4.05. The summed E-state index contributed by atoms with van der Waals surface area (Å²) in [5.41, 5.74) is 1.50. The minimum Gasteiger partial charge on any atom is -0.381 e. The lowest BCUT2D eigenvalue weighted by Crippen LogP contribution is -2.21. The first kappa shape index (κ1) is 10.3. The Morgan fingerprint density at radius 3 is 3.00 bits per heavy atom. The fourth-order valence-electron chi connectivity index (χ4n) is 1.71. The Morgan fingerprint density at radius 2 is 2.40 bits per heavy atom. The maximum absolute atomic E-state index is 8.73. The number of rotatable bonds is 2. The Hall–Kier alpha value is -1.24. The van der Waals surface area contributed by atoms with Crippen LogP contribution in [0.25, 0.3) is 0 Å². The molecule has 0 bridgehead atoms. The third-order valence-electron chi connectivity index (χ3n) is 2.52. The largest absolute Gasteiger partial charge is 0.381 e. The Kier molecular flexibility index (Phi) is 3.10. The van der Waals surface area contributed by atoms with Gasteiger partial charge in [-0.3, -0.25) is 0 Å². The van der Waals surface area contributed by atoms with Crippen LogP contribution in [-0.4, -0.2) is 19.1 Å². The molecule has 0 aromatic heterocycles. The Bertz CT molecular complexity index is 391. The molecule has 1 aliphatic heterocycles. The van der Waals surface area contributed by atoms with Crippen molar-refractivity contribution in [3.63, 3.8) is 0 Å². The molecule has 0 aliphatic carbocycles. The maximum Gasteiger partial charge on any atom is 0.101 e. The molecule has 1 unspecified atom stereocenters. The first-order valence-electron chi connectivity index (χ1n) is 4.96. The number of benzene rings is 1. The molecule has 2 rings (SSSR count). The van der Waals surface area contributed by atoms with Crippen LogP contribution in [0.5, 0.6) is 0 Å². The van der Waals surface area contributed by atoms with Crippen LogP contribution in [-0.2, 0) is 0 Å². The van der Waals surface area contributed by atoms with Gasteiger partial charge in [-0.15, -0.1) is 0 Å². The summed E-state index contributed by atoms with van der Waals surface area (Å²) in [5, 5.41) is 15.9. The highest BCUT2D eigenvalue weighted by Gasteiger charge is 2.13. The van der Waals surface area contributed by atoms with Gasteiger partial charge in [0.15, 0.2) is 0 Å². The molecule has 1 atom stereocenters. The van der Waals surface area contributed by atoms with Gasteiger partial charge in [0.25, 0.3) is 0 Å². The number of halogens is 1. The highest BCUT2D eigenvalue weighted by atomic mass is 35.5. The van der Waals surface area contributed by atoms with Gasteiger partial charge in [0, 0.05) is 18.3 Å². The lowest BCUT2D eigenvalue weighted by molar-refractivity contribution is 0.793. The number of nitriles is 1. The second kappa shape index (κ2) is 4.52. The van der Waals surface area contributed by atoms with E-state index in [0.717, 1.165) is 25.2 Å². The van der Waals surface area contributed by atoms with E-state index in [2.05, 4.69) is 10.6 Å². The number of anilines is 1. The average molecular weight is 222 g/mol. The van der Waals surface area contributed by atoms with E-state index in [1.54, 1.807) is 12.1 Å². The van der Waals surface area contributed by atoms with Crippen molar-refractivity contribution in [3.05, 3.63) is 28.8 Å². The van der Waals surface area contributed by atoms with Gasteiger partial charge in [-0.1, -0.05) is 11.6 Å². The van der Waals surface area contributed by atoms with E-state index in [0.29, 0.717) is 16.6 Å². The molecule has 4 heteroatoms. The molecule has 78 valence electrons. The molecule has 1 aromatic rings. The van der Waals surface area contributed by atoms with E-state index in [4.69, 9.17) is 16.9 Å². The van der Waals surface area contributed by atoms with Crippen molar-refractivity contribution in [2.24, 2.45) is 0 Å². The molecule has 0 amide bonds. The van der Waals surface area contributed by atoms with Gasteiger partial charge in [-0.25, -0.2) is 0 Å². The van der Waals surface area contributed by atoms with Crippen molar-refractivity contribution in [2.45, 2.75) is 12.5 Å². The number of hydrogen-bond acceptors (Lipinski definition) is 3. The Labute approximate surface area is 94.0 Å². The van der Waals surface area contributed by atoms with Crippen LogP contribution in [0.1, 0.15) is 12.0 Å². The van der Waals surface area contributed by atoms with Crippen molar-refractivity contribution in [2.75, 3.05) is 18.4 Å². The molecular weight excluding hydrogens is 210 g/mol. The second-order valence-electron chi connectivity index (χ2n) is 3.64. The van der Waals surface area contributed by atoms with Crippen LogP contribution in [0.15, 0.2) is 18.2 Å². The third-order valence-corrected chi connectivity index (χ3v) is 2.83. The number of nitrogens with zero attached hydrogens (tertiary/aromatic N) is 1. The molecule has 0 spiro atoms. The molecule has 2 N–H and O–H groups in total. The SMILES string of the molecule is N#Cc1ccc(NC2CCNC2)cc1Cl. The lowest BCUT2D eigenvalue weighted by Gasteiger charge is -2.13. The van der Waals surface area contributed by atoms with Crippen molar-refractivity contribution in [1.82, 2.24) is 5.32 Å². The maximum atomic E-state index is 8.73.